The monoisotopic (exact) mass is 325 g/mol. The molecule has 5 nitrogen and oxygen atoms in total. The van der Waals surface area contributed by atoms with E-state index in [1.165, 1.54) is 19.2 Å². The van der Waals surface area contributed by atoms with Crippen molar-refractivity contribution in [2.24, 2.45) is 0 Å². The van der Waals surface area contributed by atoms with E-state index in [9.17, 15) is 9.18 Å². The highest BCUT2D eigenvalue weighted by Gasteiger charge is 2.29. The molecule has 24 heavy (non-hydrogen) atoms. The Morgan fingerprint density at radius 3 is 2.75 bits per heavy atom. The second-order valence-corrected chi connectivity index (χ2v) is 6.00. The number of nitrogen functional groups attached to an aromatic ring is 1. The van der Waals surface area contributed by atoms with Crippen LogP contribution in [-0.4, -0.2) is 16.8 Å². The average Bonchev–Trinajstić information content (AvgIpc) is 3.42. The summed E-state index contributed by atoms with van der Waals surface area (Å²) in [6, 6.07) is 9.53. The number of nitrogens with two attached hydrogens (primary N) is 1. The molecule has 1 aliphatic carbocycles. The Balaban J connectivity index is 1.93. The smallest absolute Gasteiger partial charge is 0.279 e. The molecule has 3 aromatic rings. The molecule has 0 amide bonds. The Kier molecular flexibility index (Phi) is 3.26. The van der Waals surface area contributed by atoms with Gasteiger partial charge in [-0.15, -0.1) is 0 Å². The molecule has 1 aliphatic rings. The van der Waals surface area contributed by atoms with Gasteiger partial charge in [-0.2, -0.15) is 0 Å². The van der Waals surface area contributed by atoms with E-state index in [0.29, 0.717) is 33.6 Å². The van der Waals surface area contributed by atoms with Gasteiger partial charge < -0.3 is 10.6 Å². The van der Waals surface area contributed by atoms with Gasteiger partial charge in [0.15, 0.2) is 0 Å². The van der Waals surface area contributed by atoms with Crippen LogP contribution >= 0.6 is 0 Å². The molecule has 1 aromatic heterocycles. The van der Waals surface area contributed by atoms with Crippen LogP contribution < -0.4 is 16.1 Å². The van der Waals surface area contributed by atoms with Crippen molar-refractivity contribution in [1.29, 1.82) is 0 Å². The number of ether oxygens (including phenoxy) is 1. The van der Waals surface area contributed by atoms with Gasteiger partial charge in [0.25, 0.3) is 5.56 Å². The minimum absolute atomic E-state index is 0.273. The fourth-order valence-electron chi connectivity index (χ4n) is 2.92. The molecule has 4 rings (SSSR count). The summed E-state index contributed by atoms with van der Waals surface area (Å²) in [5, 5.41) is 0.408. The van der Waals surface area contributed by atoms with Crippen LogP contribution in [0.2, 0.25) is 0 Å². The van der Waals surface area contributed by atoms with Gasteiger partial charge in [0.2, 0.25) is 0 Å². The van der Waals surface area contributed by atoms with Crippen LogP contribution in [0.4, 0.5) is 4.39 Å². The fourth-order valence-corrected chi connectivity index (χ4v) is 2.92. The third-order valence-corrected chi connectivity index (χ3v) is 4.34. The first kappa shape index (κ1) is 14.7. The predicted octanol–water partition coefficient (Wildman–Crippen LogP) is 2.80. The second-order valence-electron chi connectivity index (χ2n) is 6.00. The number of methoxy groups -OCH3 is 1. The lowest BCUT2D eigenvalue weighted by Gasteiger charge is -2.11. The second kappa shape index (κ2) is 5.33. The minimum Gasteiger partial charge on any atom is -0.496 e. The Labute approximate surface area is 137 Å². The van der Waals surface area contributed by atoms with E-state index >= 15 is 0 Å². The SMILES string of the molecule is COc1ccc(F)cc1-c1ccc2nc(C3CC3)n(N)c(=O)c2c1. The van der Waals surface area contributed by atoms with Gasteiger partial charge in [-0.1, -0.05) is 6.07 Å². The number of halogens is 1. The van der Waals surface area contributed by atoms with E-state index in [4.69, 9.17) is 10.6 Å². The summed E-state index contributed by atoms with van der Waals surface area (Å²) in [5.74, 6) is 6.98. The Bertz CT molecular complexity index is 1010. The van der Waals surface area contributed by atoms with E-state index in [0.717, 1.165) is 17.5 Å². The molecule has 1 saturated carbocycles. The first-order valence-corrected chi connectivity index (χ1v) is 7.74. The maximum absolute atomic E-state index is 13.6. The Hall–Kier alpha value is -2.89. The van der Waals surface area contributed by atoms with E-state index in [-0.39, 0.29) is 17.3 Å². The molecule has 6 heteroatoms. The maximum atomic E-state index is 13.6. The van der Waals surface area contributed by atoms with Crippen LogP contribution in [0.1, 0.15) is 24.6 Å². The van der Waals surface area contributed by atoms with E-state index in [1.54, 1.807) is 18.2 Å². The van der Waals surface area contributed by atoms with Crippen LogP contribution in [0.3, 0.4) is 0 Å². The van der Waals surface area contributed by atoms with Gasteiger partial charge in [0.05, 0.1) is 18.0 Å². The molecule has 0 atom stereocenters. The zero-order valence-corrected chi connectivity index (χ0v) is 13.1. The topological polar surface area (TPSA) is 70.1 Å². The predicted molar refractivity (Wildman–Crippen MR) is 90.1 cm³/mol. The lowest BCUT2D eigenvalue weighted by Crippen LogP contribution is -2.31. The fraction of sp³-hybridized carbons (Fsp3) is 0.222. The molecule has 1 fully saturated rings. The molecular weight excluding hydrogens is 309 g/mol. The van der Waals surface area contributed by atoms with Crippen LogP contribution in [0.5, 0.6) is 5.75 Å². The molecule has 0 bridgehead atoms. The number of hydrogen-bond acceptors (Lipinski definition) is 4. The van der Waals surface area contributed by atoms with Crippen molar-refractivity contribution >= 4 is 10.9 Å². The standard InChI is InChI=1S/C18H16FN3O2/c1-24-16-7-5-12(19)9-13(16)11-4-6-15-14(8-11)18(23)22(20)17(21-15)10-2-3-10/h4-10H,2-3,20H2,1H3. The molecule has 0 saturated heterocycles. The molecule has 0 radical (unpaired) electrons. The van der Waals surface area contributed by atoms with Crippen molar-refractivity contribution in [1.82, 2.24) is 9.66 Å². The van der Waals surface area contributed by atoms with Crippen molar-refractivity contribution in [2.75, 3.05) is 13.0 Å². The average molecular weight is 325 g/mol. The number of benzene rings is 2. The highest BCUT2D eigenvalue weighted by atomic mass is 19.1. The van der Waals surface area contributed by atoms with Crippen molar-refractivity contribution < 1.29 is 9.13 Å². The molecule has 1 heterocycles. The number of rotatable bonds is 3. The molecular formula is C18H16FN3O2. The third-order valence-electron chi connectivity index (χ3n) is 4.34. The van der Waals surface area contributed by atoms with Gasteiger partial charge in [-0.05, 0) is 48.7 Å². The van der Waals surface area contributed by atoms with E-state index in [2.05, 4.69) is 4.98 Å². The zero-order valence-electron chi connectivity index (χ0n) is 13.1. The largest absolute Gasteiger partial charge is 0.496 e. The highest BCUT2D eigenvalue weighted by molar-refractivity contribution is 5.85. The number of nitrogens with zero attached hydrogens (tertiary/aromatic N) is 2. The summed E-state index contributed by atoms with van der Waals surface area (Å²) in [7, 11) is 1.52. The van der Waals surface area contributed by atoms with Crippen molar-refractivity contribution in [3.8, 4) is 16.9 Å². The Morgan fingerprint density at radius 2 is 2.04 bits per heavy atom. The summed E-state index contributed by atoms with van der Waals surface area (Å²) >= 11 is 0. The number of hydrogen-bond donors (Lipinski definition) is 1. The normalized spacial score (nSPS) is 14.1. The zero-order chi connectivity index (χ0) is 16.8. The molecule has 0 unspecified atom stereocenters. The maximum Gasteiger partial charge on any atom is 0.279 e. The van der Waals surface area contributed by atoms with E-state index in [1.807, 2.05) is 6.07 Å². The van der Waals surface area contributed by atoms with Crippen LogP contribution in [0, 0.1) is 5.82 Å². The van der Waals surface area contributed by atoms with Crippen LogP contribution in [-0.2, 0) is 0 Å². The van der Waals surface area contributed by atoms with Crippen LogP contribution in [0.15, 0.2) is 41.2 Å². The molecule has 122 valence electrons. The van der Waals surface area contributed by atoms with Crippen molar-refractivity contribution in [3.63, 3.8) is 0 Å². The molecule has 0 aliphatic heterocycles. The van der Waals surface area contributed by atoms with Crippen LogP contribution in [0.25, 0.3) is 22.0 Å². The molecule has 2 aromatic carbocycles. The summed E-state index contributed by atoms with van der Waals surface area (Å²) in [5.41, 5.74) is 1.56. The summed E-state index contributed by atoms with van der Waals surface area (Å²) in [4.78, 5) is 17.1. The first-order valence-electron chi connectivity index (χ1n) is 7.74. The van der Waals surface area contributed by atoms with Gasteiger partial charge in [-0.3, -0.25) is 4.79 Å². The highest BCUT2D eigenvalue weighted by Crippen LogP contribution is 2.38. The third kappa shape index (κ3) is 2.31. The van der Waals surface area contributed by atoms with Gasteiger partial charge in [0, 0.05) is 11.5 Å². The first-order chi connectivity index (χ1) is 11.6. The van der Waals surface area contributed by atoms with Gasteiger partial charge >= 0.3 is 0 Å². The summed E-state index contributed by atoms with van der Waals surface area (Å²) < 4.78 is 20.0. The van der Waals surface area contributed by atoms with Crippen molar-refractivity contribution in [3.05, 3.63) is 58.4 Å². The van der Waals surface area contributed by atoms with Gasteiger partial charge in [0.1, 0.15) is 17.4 Å². The lowest BCUT2D eigenvalue weighted by atomic mass is 10.0. The number of aromatic nitrogens is 2. The molecule has 2 N–H and O–H groups in total. The quantitative estimate of drug-likeness (QED) is 0.752. The van der Waals surface area contributed by atoms with Gasteiger partial charge in [-0.25, -0.2) is 14.1 Å². The number of fused-ring (bicyclic) bond motifs is 1. The van der Waals surface area contributed by atoms with Crippen molar-refractivity contribution in [2.45, 2.75) is 18.8 Å². The minimum atomic E-state index is -0.371. The Morgan fingerprint density at radius 1 is 1.25 bits per heavy atom. The summed E-state index contributed by atoms with van der Waals surface area (Å²) in [6.45, 7) is 0. The lowest BCUT2D eigenvalue weighted by molar-refractivity contribution is 0.415. The van der Waals surface area contributed by atoms with E-state index < -0.39 is 0 Å². The summed E-state index contributed by atoms with van der Waals surface area (Å²) in [6.07, 6.45) is 2.02. The molecule has 0 spiro atoms.